The molecule has 0 aromatic heterocycles. The van der Waals surface area contributed by atoms with E-state index in [1.807, 2.05) is 12.1 Å². The molecule has 2 unspecified atom stereocenters. The van der Waals surface area contributed by atoms with Crippen LogP contribution in [-0.2, 0) is 12.8 Å². The molecule has 2 nitrogen and oxygen atoms in total. The highest BCUT2D eigenvalue weighted by Crippen LogP contribution is 2.38. The number of nitrogens with two attached hydrogens (primary N) is 1. The Kier molecular flexibility index (Phi) is 4.26. The van der Waals surface area contributed by atoms with Crippen molar-refractivity contribution in [2.24, 2.45) is 5.73 Å². The van der Waals surface area contributed by atoms with Gasteiger partial charge in [0.2, 0.25) is 0 Å². The van der Waals surface area contributed by atoms with Gasteiger partial charge >= 0.3 is 0 Å². The summed E-state index contributed by atoms with van der Waals surface area (Å²) < 4.78 is 5.18. The van der Waals surface area contributed by atoms with Gasteiger partial charge in [0.1, 0.15) is 5.75 Å². The SMILES string of the molecule is COc1ccc(CCC(N)CC2Cc3ccccc32)cc1. The van der Waals surface area contributed by atoms with Gasteiger partial charge in [0, 0.05) is 6.04 Å². The topological polar surface area (TPSA) is 35.2 Å². The average molecular weight is 281 g/mol. The van der Waals surface area contributed by atoms with Crippen LogP contribution in [0, 0.1) is 0 Å². The number of fused-ring (bicyclic) bond motifs is 1. The third-order valence-electron chi connectivity index (χ3n) is 4.51. The lowest BCUT2D eigenvalue weighted by molar-refractivity contribution is 0.414. The van der Waals surface area contributed by atoms with E-state index in [4.69, 9.17) is 10.5 Å². The van der Waals surface area contributed by atoms with Gasteiger partial charge < -0.3 is 10.5 Å². The zero-order chi connectivity index (χ0) is 14.7. The maximum absolute atomic E-state index is 6.32. The highest BCUT2D eigenvalue weighted by Gasteiger charge is 2.26. The molecular formula is C19H23NO. The summed E-state index contributed by atoms with van der Waals surface area (Å²) in [5.41, 5.74) is 10.7. The van der Waals surface area contributed by atoms with E-state index < -0.39 is 0 Å². The Balaban J connectivity index is 1.48. The highest BCUT2D eigenvalue weighted by molar-refractivity contribution is 5.39. The fourth-order valence-electron chi connectivity index (χ4n) is 3.20. The predicted octanol–water partition coefficient (Wildman–Crippen LogP) is 3.69. The number of methoxy groups -OCH3 is 1. The van der Waals surface area contributed by atoms with E-state index in [0.29, 0.717) is 5.92 Å². The van der Waals surface area contributed by atoms with E-state index in [0.717, 1.165) is 25.0 Å². The van der Waals surface area contributed by atoms with Crippen molar-refractivity contribution in [2.75, 3.05) is 7.11 Å². The fourth-order valence-corrected chi connectivity index (χ4v) is 3.20. The molecule has 2 aromatic rings. The van der Waals surface area contributed by atoms with Crippen LogP contribution < -0.4 is 10.5 Å². The number of hydrogen-bond donors (Lipinski definition) is 1. The molecule has 0 saturated heterocycles. The lowest BCUT2D eigenvalue weighted by Gasteiger charge is -2.32. The fraction of sp³-hybridized carbons (Fsp3) is 0.368. The van der Waals surface area contributed by atoms with Crippen LogP contribution in [0.3, 0.4) is 0 Å². The van der Waals surface area contributed by atoms with Crippen LogP contribution in [0.4, 0.5) is 0 Å². The third-order valence-corrected chi connectivity index (χ3v) is 4.51. The van der Waals surface area contributed by atoms with Gasteiger partial charge in [0.05, 0.1) is 7.11 Å². The van der Waals surface area contributed by atoms with Crippen molar-refractivity contribution < 1.29 is 4.74 Å². The van der Waals surface area contributed by atoms with Gasteiger partial charge in [0.25, 0.3) is 0 Å². The number of rotatable bonds is 6. The standard InChI is InChI=1S/C19H23NO/c1-21-18-10-7-14(8-11-18)6-9-17(20)13-16-12-15-4-2-3-5-19(15)16/h2-5,7-8,10-11,16-17H,6,9,12-13,20H2,1H3. The second-order valence-electron chi connectivity index (χ2n) is 5.98. The summed E-state index contributed by atoms with van der Waals surface area (Å²) in [6.07, 6.45) is 4.39. The van der Waals surface area contributed by atoms with E-state index >= 15 is 0 Å². The molecule has 0 amide bonds. The summed E-state index contributed by atoms with van der Waals surface area (Å²) >= 11 is 0. The molecule has 1 aliphatic rings. The summed E-state index contributed by atoms with van der Waals surface area (Å²) in [5.74, 6) is 1.58. The number of ether oxygens (including phenoxy) is 1. The molecule has 2 N–H and O–H groups in total. The first-order valence-electron chi connectivity index (χ1n) is 7.72. The summed E-state index contributed by atoms with van der Waals surface area (Å²) in [7, 11) is 1.70. The second-order valence-corrected chi connectivity index (χ2v) is 5.98. The molecule has 3 rings (SSSR count). The normalized spacial score (nSPS) is 17.7. The van der Waals surface area contributed by atoms with Crippen LogP contribution in [0.15, 0.2) is 48.5 Å². The Labute approximate surface area is 126 Å². The van der Waals surface area contributed by atoms with Crippen molar-refractivity contribution in [1.82, 2.24) is 0 Å². The van der Waals surface area contributed by atoms with Gasteiger partial charge in [0.15, 0.2) is 0 Å². The van der Waals surface area contributed by atoms with E-state index in [9.17, 15) is 0 Å². The molecule has 0 aliphatic heterocycles. The second kappa shape index (κ2) is 6.31. The average Bonchev–Trinajstić information content (AvgIpc) is 2.51. The van der Waals surface area contributed by atoms with Gasteiger partial charge in [-0.05, 0) is 60.4 Å². The van der Waals surface area contributed by atoms with Crippen LogP contribution in [0.2, 0.25) is 0 Å². The summed E-state index contributed by atoms with van der Waals surface area (Å²) in [6, 6.07) is 17.3. The number of benzene rings is 2. The molecule has 21 heavy (non-hydrogen) atoms. The molecule has 0 fully saturated rings. The van der Waals surface area contributed by atoms with Gasteiger partial charge in [-0.15, -0.1) is 0 Å². The third kappa shape index (κ3) is 3.27. The summed E-state index contributed by atoms with van der Waals surface area (Å²) in [4.78, 5) is 0. The van der Waals surface area contributed by atoms with Gasteiger partial charge in [-0.1, -0.05) is 36.4 Å². The van der Waals surface area contributed by atoms with Crippen LogP contribution in [0.25, 0.3) is 0 Å². The molecule has 0 saturated carbocycles. The lowest BCUT2D eigenvalue weighted by atomic mass is 9.74. The zero-order valence-corrected chi connectivity index (χ0v) is 12.6. The van der Waals surface area contributed by atoms with Crippen LogP contribution in [-0.4, -0.2) is 13.2 Å². The highest BCUT2D eigenvalue weighted by atomic mass is 16.5. The first-order valence-corrected chi connectivity index (χ1v) is 7.72. The quantitative estimate of drug-likeness (QED) is 0.876. The Morgan fingerprint density at radius 2 is 1.90 bits per heavy atom. The van der Waals surface area contributed by atoms with Gasteiger partial charge in [-0.2, -0.15) is 0 Å². The molecule has 110 valence electrons. The smallest absolute Gasteiger partial charge is 0.118 e. The Morgan fingerprint density at radius 3 is 2.62 bits per heavy atom. The van der Waals surface area contributed by atoms with Crippen molar-refractivity contribution in [3.05, 3.63) is 65.2 Å². The summed E-state index contributed by atoms with van der Waals surface area (Å²) in [5, 5.41) is 0. The van der Waals surface area contributed by atoms with E-state index in [2.05, 4.69) is 36.4 Å². The Morgan fingerprint density at radius 1 is 1.14 bits per heavy atom. The predicted molar refractivity (Wildman–Crippen MR) is 86.8 cm³/mol. The molecule has 2 heteroatoms. The Bertz CT molecular complexity index is 591. The van der Waals surface area contributed by atoms with E-state index in [1.165, 1.54) is 23.1 Å². The lowest BCUT2D eigenvalue weighted by Crippen LogP contribution is -2.28. The zero-order valence-electron chi connectivity index (χ0n) is 12.6. The van der Waals surface area contributed by atoms with Crippen molar-refractivity contribution in [2.45, 2.75) is 37.6 Å². The maximum Gasteiger partial charge on any atom is 0.118 e. The number of hydrogen-bond acceptors (Lipinski definition) is 2. The molecule has 2 atom stereocenters. The minimum absolute atomic E-state index is 0.283. The monoisotopic (exact) mass is 281 g/mol. The van der Waals surface area contributed by atoms with Crippen LogP contribution in [0.5, 0.6) is 5.75 Å². The minimum Gasteiger partial charge on any atom is -0.497 e. The van der Waals surface area contributed by atoms with E-state index in [-0.39, 0.29) is 6.04 Å². The van der Waals surface area contributed by atoms with Crippen LogP contribution >= 0.6 is 0 Å². The molecule has 0 spiro atoms. The first-order chi connectivity index (χ1) is 10.3. The molecule has 0 radical (unpaired) electrons. The Hall–Kier alpha value is -1.80. The first kappa shape index (κ1) is 14.2. The summed E-state index contributed by atoms with van der Waals surface area (Å²) in [6.45, 7) is 0. The molecular weight excluding hydrogens is 258 g/mol. The largest absolute Gasteiger partial charge is 0.497 e. The van der Waals surface area contributed by atoms with E-state index in [1.54, 1.807) is 7.11 Å². The van der Waals surface area contributed by atoms with Crippen molar-refractivity contribution in [3.8, 4) is 5.75 Å². The van der Waals surface area contributed by atoms with Gasteiger partial charge in [-0.3, -0.25) is 0 Å². The molecule has 2 aromatic carbocycles. The molecule has 1 aliphatic carbocycles. The number of aryl methyl sites for hydroxylation is 1. The van der Waals surface area contributed by atoms with Crippen molar-refractivity contribution >= 4 is 0 Å². The minimum atomic E-state index is 0.283. The maximum atomic E-state index is 6.32. The molecule has 0 bridgehead atoms. The van der Waals surface area contributed by atoms with Gasteiger partial charge in [-0.25, -0.2) is 0 Å². The molecule has 0 heterocycles. The van der Waals surface area contributed by atoms with Crippen molar-refractivity contribution in [3.63, 3.8) is 0 Å². The van der Waals surface area contributed by atoms with Crippen molar-refractivity contribution in [1.29, 1.82) is 0 Å². The van der Waals surface area contributed by atoms with Crippen LogP contribution in [0.1, 0.15) is 35.4 Å².